The molecular weight excluding hydrogens is 292 g/mol. The van der Waals surface area contributed by atoms with Gasteiger partial charge in [-0.3, -0.25) is 9.59 Å². The van der Waals surface area contributed by atoms with Crippen molar-refractivity contribution in [3.05, 3.63) is 41.5 Å². The van der Waals surface area contributed by atoms with Gasteiger partial charge >= 0.3 is 11.9 Å². The first kappa shape index (κ1) is 17.3. The van der Waals surface area contributed by atoms with E-state index in [1.165, 1.54) is 0 Å². The summed E-state index contributed by atoms with van der Waals surface area (Å²) in [5.74, 6) is -1.27. The van der Waals surface area contributed by atoms with E-state index >= 15 is 0 Å². The molecule has 0 saturated carbocycles. The average Bonchev–Trinajstić information content (AvgIpc) is 2.54. The van der Waals surface area contributed by atoms with Crippen molar-refractivity contribution in [2.75, 3.05) is 6.61 Å². The third-order valence-corrected chi connectivity index (χ3v) is 4.04. The van der Waals surface area contributed by atoms with E-state index in [0.717, 1.165) is 24.0 Å². The van der Waals surface area contributed by atoms with Crippen LogP contribution >= 0.6 is 0 Å². The molecule has 0 N–H and O–H groups in total. The molecule has 23 heavy (non-hydrogen) atoms. The first-order chi connectivity index (χ1) is 11.1. The highest BCUT2D eigenvalue weighted by molar-refractivity contribution is 5.90. The summed E-state index contributed by atoms with van der Waals surface area (Å²) in [6.07, 6.45) is 4.22. The van der Waals surface area contributed by atoms with Crippen molar-refractivity contribution in [1.29, 1.82) is 0 Å². The van der Waals surface area contributed by atoms with Gasteiger partial charge in [0.05, 0.1) is 18.4 Å². The molecule has 0 bridgehead atoms. The molecule has 0 fully saturated rings. The van der Waals surface area contributed by atoms with Crippen molar-refractivity contribution in [1.82, 2.24) is 0 Å². The van der Waals surface area contributed by atoms with Crippen LogP contribution in [0.2, 0.25) is 0 Å². The number of carbonyl (C=O) groups excluding carboxylic acids is 2. The maximum atomic E-state index is 12.4. The largest absolute Gasteiger partial charge is 0.466 e. The molecular formula is C19H24O4. The molecule has 2 atom stereocenters. The number of aryl methyl sites for hydroxylation is 1. The molecule has 1 aromatic rings. The topological polar surface area (TPSA) is 52.6 Å². The Morgan fingerprint density at radius 2 is 1.91 bits per heavy atom. The summed E-state index contributed by atoms with van der Waals surface area (Å²) in [5, 5.41) is 0. The van der Waals surface area contributed by atoms with Crippen molar-refractivity contribution in [3.8, 4) is 0 Å². The molecule has 0 spiro atoms. The third-order valence-electron chi connectivity index (χ3n) is 4.04. The van der Waals surface area contributed by atoms with Gasteiger partial charge in [0.2, 0.25) is 0 Å². The first-order valence-corrected chi connectivity index (χ1v) is 8.24. The second-order valence-corrected chi connectivity index (χ2v) is 5.84. The van der Waals surface area contributed by atoms with Gasteiger partial charge in [0.25, 0.3) is 0 Å². The van der Waals surface area contributed by atoms with E-state index < -0.39 is 11.8 Å². The summed E-state index contributed by atoms with van der Waals surface area (Å²) in [6.45, 7) is 6.12. The number of hydrogen-bond acceptors (Lipinski definition) is 4. The Hall–Kier alpha value is -2.10. The van der Waals surface area contributed by atoms with Crippen molar-refractivity contribution >= 4 is 17.7 Å². The lowest BCUT2D eigenvalue weighted by molar-refractivity contribution is -0.156. The van der Waals surface area contributed by atoms with Crippen molar-refractivity contribution < 1.29 is 19.1 Å². The molecule has 1 aliphatic heterocycles. The number of ether oxygens (including phenoxy) is 2. The summed E-state index contributed by atoms with van der Waals surface area (Å²) in [5.41, 5.74) is 1.92. The van der Waals surface area contributed by atoms with E-state index in [1.54, 1.807) is 13.0 Å². The fourth-order valence-corrected chi connectivity index (χ4v) is 2.71. The van der Waals surface area contributed by atoms with Crippen LogP contribution in [-0.2, 0) is 19.1 Å². The molecule has 0 saturated heterocycles. The van der Waals surface area contributed by atoms with E-state index in [4.69, 9.17) is 9.47 Å². The molecule has 0 aromatic heterocycles. The zero-order valence-corrected chi connectivity index (χ0v) is 14.0. The molecule has 4 heteroatoms. The van der Waals surface area contributed by atoms with E-state index in [0.29, 0.717) is 18.8 Å². The Morgan fingerprint density at radius 1 is 1.22 bits per heavy atom. The van der Waals surface area contributed by atoms with Crippen LogP contribution in [0.25, 0.3) is 5.76 Å². The SMILES string of the molecule is CCCC[C@@H]1C(=O)OC(c2ccc(C)cc2)=C[C@@H]1C(=O)OCC. The van der Waals surface area contributed by atoms with Crippen molar-refractivity contribution in [2.45, 2.75) is 40.0 Å². The quantitative estimate of drug-likeness (QED) is 0.747. The van der Waals surface area contributed by atoms with Gasteiger partial charge in [-0.25, -0.2) is 0 Å². The van der Waals surface area contributed by atoms with Crippen LogP contribution < -0.4 is 0 Å². The zero-order valence-electron chi connectivity index (χ0n) is 14.0. The molecule has 1 heterocycles. The molecule has 0 amide bonds. The summed E-state index contributed by atoms with van der Waals surface area (Å²) in [6, 6.07) is 7.69. The molecule has 0 aliphatic carbocycles. The Balaban J connectivity index is 2.31. The van der Waals surface area contributed by atoms with Crippen LogP contribution in [-0.4, -0.2) is 18.5 Å². The molecule has 4 nitrogen and oxygen atoms in total. The van der Waals surface area contributed by atoms with E-state index in [1.807, 2.05) is 31.2 Å². The smallest absolute Gasteiger partial charge is 0.315 e. The zero-order chi connectivity index (χ0) is 16.8. The molecule has 0 radical (unpaired) electrons. The highest BCUT2D eigenvalue weighted by atomic mass is 16.5. The van der Waals surface area contributed by atoms with Gasteiger partial charge in [0.1, 0.15) is 5.76 Å². The van der Waals surface area contributed by atoms with Crippen LogP contribution in [0.4, 0.5) is 0 Å². The monoisotopic (exact) mass is 316 g/mol. The Bertz CT molecular complexity index is 586. The maximum Gasteiger partial charge on any atom is 0.315 e. The lowest BCUT2D eigenvalue weighted by Gasteiger charge is -2.27. The minimum absolute atomic E-state index is 0.304. The number of benzene rings is 1. The second-order valence-electron chi connectivity index (χ2n) is 5.84. The van der Waals surface area contributed by atoms with E-state index in [-0.39, 0.29) is 11.9 Å². The van der Waals surface area contributed by atoms with Crippen LogP contribution in [0.3, 0.4) is 0 Å². The van der Waals surface area contributed by atoms with Gasteiger partial charge in [-0.2, -0.15) is 0 Å². The predicted molar refractivity (Wildman–Crippen MR) is 88.4 cm³/mol. The summed E-state index contributed by atoms with van der Waals surface area (Å²) in [4.78, 5) is 24.7. The van der Waals surface area contributed by atoms with Crippen LogP contribution in [0, 0.1) is 18.8 Å². The highest BCUT2D eigenvalue weighted by Crippen LogP contribution is 2.33. The molecule has 0 unspecified atom stereocenters. The third kappa shape index (κ3) is 4.21. The van der Waals surface area contributed by atoms with Gasteiger partial charge in [-0.05, 0) is 26.3 Å². The number of hydrogen-bond donors (Lipinski definition) is 0. The Kier molecular flexibility index (Phi) is 5.97. The number of carbonyl (C=O) groups is 2. The number of esters is 2. The highest BCUT2D eigenvalue weighted by Gasteiger charge is 2.38. The minimum atomic E-state index is -0.570. The molecule has 1 aliphatic rings. The number of unbranched alkanes of at least 4 members (excludes halogenated alkanes) is 1. The average molecular weight is 316 g/mol. The van der Waals surface area contributed by atoms with Crippen molar-refractivity contribution in [2.24, 2.45) is 11.8 Å². The maximum absolute atomic E-state index is 12.4. The van der Waals surface area contributed by atoms with Crippen LogP contribution in [0.1, 0.15) is 44.2 Å². The summed E-state index contributed by atoms with van der Waals surface area (Å²) < 4.78 is 10.6. The van der Waals surface area contributed by atoms with Gasteiger partial charge < -0.3 is 9.47 Å². The predicted octanol–water partition coefficient (Wildman–Crippen LogP) is 3.88. The Morgan fingerprint density at radius 3 is 2.52 bits per heavy atom. The van der Waals surface area contributed by atoms with Gasteiger partial charge in [-0.15, -0.1) is 0 Å². The lowest BCUT2D eigenvalue weighted by atomic mass is 9.85. The van der Waals surface area contributed by atoms with Gasteiger partial charge in [0, 0.05) is 5.56 Å². The van der Waals surface area contributed by atoms with Crippen molar-refractivity contribution in [3.63, 3.8) is 0 Å². The normalized spacial score (nSPS) is 20.7. The van der Waals surface area contributed by atoms with E-state index in [9.17, 15) is 9.59 Å². The van der Waals surface area contributed by atoms with Gasteiger partial charge in [0.15, 0.2) is 0 Å². The number of rotatable bonds is 6. The number of cyclic esters (lactones) is 1. The fraction of sp³-hybridized carbons (Fsp3) is 0.474. The second kappa shape index (κ2) is 7.95. The molecule has 124 valence electrons. The minimum Gasteiger partial charge on any atom is -0.466 e. The summed E-state index contributed by atoms with van der Waals surface area (Å²) in [7, 11) is 0. The fourth-order valence-electron chi connectivity index (χ4n) is 2.71. The van der Waals surface area contributed by atoms with Crippen LogP contribution in [0.5, 0.6) is 0 Å². The van der Waals surface area contributed by atoms with Gasteiger partial charge in [-0.1, -0.05) is 49.6 Å². The molecule has 2 rings (SSSR count). The first-order valence-electron chi connectivity index (χ1n) is 8.24. The lowest BCUT2D eigenvalue weighted by Crippen LogP contribution is -2.34. The van der Waals surface area contributed by atoms with E-state index in [2.05, 4.69) is 6.92 Å². The Labute approximate surface area is 137 Å². The summed E-state index contributed by atoms with van der Waals surface area (Å²) >= 11 is 0. The van der Waals surface area contributed by atoms with Crippen LogP contribution in [0.15, 0.2) is 30.3 Å². The standard InChI is InChI=1S/C19H24O4/c1-4-6-7-15-16(18(20)22-5-2)12-17(23-19(15)21)14-10-8-13(3)9-11-14/h8-12,15-16H,4-7H2,1-3H3/t15-,16-/m0/s1. The molecule has 1 aromatic carbocycles.